The van der Waals surface area contributed by atoms with Gasteiger partial charge in [0.15, 0.2) is 0 Å². The molecule has 1 aliphatic carbocycles. The Kier molecular flexibility index (Phi) is 4.59. The van der Waals surface area contributed by atoms with Gasteiger partial charge in [0.1, 0.15) is 0 Å². The van der Waals surface area contributed by atoms with E-state index in [2.05, 4.69) is 31.4 Å². The normalized spacial score (nSPS) is 30.2. The van der Waals surface area contributed by atoms with Gasteiger partial charge in [-0.1, -0.05) is 13.8 Å². The Morgan fingerprint density at radius 2 is 2.00 bits per heavy atom. The molecule has 1 rings (SSSR count). The second-order valence-electron chi connectivity index (χ2n) is 5.68. The maximum Gasteiger partial charge on any atom is 0.315 e. The van der Waals surface area contributed by atoms with Gasteiger partial charge >= 0.3 is 6.03 Å². The van der Waals surface area contributed by atoms with Crippen molar-refractivity contribution in [1.82, 2.24) is 10.6 Å². The summed E-state index contributed by atoms with van der Waals surface area (Å²) in [7, 11) is 0. The minimum absolute atomic E-state index is 0.0351. The molecule has 1 fully saturated rings. The molecule has 4 N–H and O–H groups in total. The van der Waals surface area contributed by atoms with Crippen molar-refractivity contribution in [2.24, 2.45) is 11.7 Å². The van der Waals surface area contributed by atoms with Crippen LogP contribution in [-0.2, 0) is 0 Å². The summed E-state index contributed by atoms with van der Waals surface area (Å²) in [5.41, 5.74) is 6.01. The molecule has 16 heavy (non-hydrogen) atoms. The monoisotopic (exact) mass is 227 g/mol. The molecule has 0 saturated heterocycles. The van der Waals surface area contributed by atoms with Crippen LogP contribution in [-0.4, -0.2) is 24.2 Å². The van der Waals surface area contributed by atoms with E-state index in [9.17, 15) is 4.79 Å². The highest BCUT2D eigenvalue weighted by molar-refractivity contribution is 5.74. The van der Waals surface area contributed by atoms with Gasteiger partial charge in [-0.3, -0.25) is 0 Å². The molecule has 2 amide bonds. The van der Waals surface area contributed by atoms with E-state index in [1.54, 1.807) is 0 Å². The molecule has 0 bridgehead atoms. The highest BCUT2D eigenvalue weighted by atomic mass is 16.2. The molecule has 0 aromatic rings. The van der Waals surface area contributed by atoms with E-state index in [-0.39, 0.29) is 11.6 Å². The van der Waals surface area contributed by atoms with E-state index in [1.165, 1.54) is 0 Å². The summed E-state index contributed by atoms with van der Waals surface area (Å²) in [6.45, 7) is 6.98. The van der Waals surface area contributed by atoms with Crippen LogP contribution in [0.4, 0.5) is 4.79 Å². The van der Waals surface area contributed by atoms with E-state index in [0.29, 0.717) is 12.0 Å². The van der Waals surface area contributed by atoms with Crippen LogP contribution in [0.5, 0.6) is 0 Å². The van der Waals surface area contributed by atoms with E-state index < -0.39 is 0 Å². The Bertz CT molecular complexity index is 228. The van der Waals surface area contributed by atoms with Crippen molar-refractivity contribution in [2.45, 2.75) is 58.0 Å². The summed E-state index contributed by atoms with van der Waals surface area (Å²) < 4.78 is 0. The zero-order chi connectivity index (χ0) is 12.2. The number of urea groups is 1. The van der Waals surface area contributed by atoms with Crippen molar-refractivity contribution in [2.75, 3.05) is 6.54 Å². The molecule has 0 aromatic carbocycles. The fourth-order valence-electron chi connectivity index (χ4n) is 1.95. The zero-order valence-corrected chi connectivity index (χ0v) is 10.7. The Balaban J connectivity index is 2.21. The third kappa shape index (κ3) is 4.84. The molecule has 94 valence electrons. The smallest absolute Gasteiger partial charge is 0.315 e. The summed E-state index contributed by atoms with van der Waals surface area (Å²) in [5, 5.41) is 5.88. The van der Waals surface area contributed by atoms with Gasteiger partial charge in [-0.05, 0) is 38.5 Å². The largest absolute Gasteiger partial charge is 0.338 e. The van der Waals surface area contributed by atoms with Crippen molar-refractivity contribution in [1.29, 1.82) is 0 Å². The van der Waals surface area contributed by atoms with Gasteiger partial charge in [0.2, 0.25) is 0 Å². The molecule has 0 heterocycles. The first-order valence-electron chi connectivity index (χ1n) is 6.22. The lowest BCUT2D eigenvalue weighted by atomic mass is 9.82. The number of hydrogen-bond donors (Lipinski definition) is 3. The molecular weight excluding hydrogens is 202 g/mol. The van der Waals surface area contributed by atoms with Gasteiger partial charge in [-0.2, -0.15) is 0 Å². The first-order chi connectivity index (χ1) is 7.39. The minimum atomic E-state index is -0.0423. The lowest BCUT2D eigenvalue weighted by molar-refractivity contribution is 0.222. The molecule has 0 atom stereocenters. The average Bonchev–Trinajstić information content (AvgIpc) is 2.18. The summed E-state index contributed by atoms with van der Waals surface area (Å²) >= 11 is 0. The maximum absolute atomic E-state index is 11.5. The number of carbonyl (C=O) groups excluding carboxylic acids is 1. The second kappa shape index (κ2) is 5.53. The van der Waals surface area contributed by atoms with E-state index in [4.69, 9.17) is 5.73 Å². The first-order valence-corrected chi connectivity index (χ1v) is 6.22. The molecule has 0 aliphatic heterocycles. The van der Waals surface area contributed by atoms with Crippen molar-refractivity contribution < 1.29 is 4.79 Å². The van der Waals surface area contributed by atoms with Crippen molar-refractivity contribution in [3.05, 3.63) is 0 Å². The number of nitrogens with two attached hydrogens (primary N) is 1. The highest BCUT2D eigenvalue weighted by Gasteiger charge is 2.27. The van der Waals surface area contributed by atoms with E-state index in [0.717, 1.165) is 32.2 Å². The summed E-state index contributed by atoms with van der Waals surface area (Å²) in [4.78, 5) is 11.5. The molecule has 0 aromatic heterocycles. The van der Waals surface area contributed by atoms with Crippen LogP contribution in [0.2, 0.25) is 0 Å². The second-order valence-corrected chi connectivity index (χ2v) is 5.68. The maximum atomic E-state index is 11.5. The van der Waals surface area contributed by atoms with Crippen LogP contribution in [0.3, 0.4) is 0 Å². The van der Waals surface area contributed by atoms with Crippen LogP contribution in [0, 0.1) is 5.92 Å². The van der Waals surface area contributed by atoms with Crippen molar-refractivity contribution in [3.8, 4) is 0 Å². The number of rotatable bonds is 3. The van der Waals surface area contributed by atoms with Gasteiger partial charge in [0.05, 0.1) is 0 Å². The third-order valence-corrected chi connectivity index (χ3v) is 3.13. The Morgan fingerprint density at radius 3 is 2.50 bits per heavy atom. The predicted octanol–water partition coefficient (Wildman–Crippen LogP) is 1.60. The summed E-state index contributed by atoms with van der Waals surface area (Å²) in [6.07, 6.45) is 3.95. The lowest BCUT2D eigenvalue weighted by Crippen LogP contribution is -2.49. The Morgan fingerprint density at radius 1 is 1.44 bits per heavy atom. The van der Waals surface area contributed by atoms with Crippen molar-refractivity contribution >= 4 is 6.03 Å². The minimum Gasteiger partial charge on any atom is -0.338 e. The van der Waals surface area contributed by atoms with Crippen LogP contribution >= 0.6 is 0 Å². The quantitative estimate of drug-likeness (QED) is 0.685. The number of nitrogens with one attached hydrogen (secondary N) is 2. The van der Waals surface area contributed by atoms with Crippen LogP contribution < -0.4 is 16.4 Å². The molecular formula is C12H25N3O. The zero-order valence-electron chi connectivity index (χ0n) is 10.7. The standard InChI is InChI=1S/C12H25N3O/c1-9(2)8-14-11(16)15-10-4-6-12(3,13)7-5-10/h9-10H,4-8,13H2,1-3H3,(H2,14,15,16). The number of amides is 2. The van der Waals surface area contributed by atoms with Crippen LogP contribution in [0.15, 0.2) is 0 Å². The third-order valence-electron chi connectivity index (χ3n) is 3.13. The summed E-state index contributed by atoms with van der Waals surface area (Å²) in [6, 6.07) is 0.253. The van der Waals surface area contributed by atoms with Crippen LogP contribution in [0.25, 0.3) is 0 Å². The first kappa shape index (κ1) is 13.3. The molecule has 1 saturated carbocycles. The fraction of sp³-hybridized carbons (Fsp3) is 0.917. The molecule has 0 spiro atoms. The van der Waals surface area contributed by atoms with Gasteiger partial charge in [0.25, 0.3) is 0 Å². The number of carbonyl (C=O) groups is 1. The molecule has 0 unspecified atom stereocenters. The van der Waals surface area contributed by atoms with Gasteiger partial charge in [-0.25, -0.2) is 4.79 Å². The van der Waals surface area contributed by atoms with Gasteiger partial charge in [-0.15, -0.1) is 0 Å². The SMILES string of the molecule is CC(C)CNC(=O)NC1CCC(C)(N)CC1. The average molecular weight is 227 g/mol. The Hall–Kier alpha value is -0.770. The number of hydrogen-bond acceptors (Lipinski definition) is 2. The molecule has 0 radical (unpaired) electrons. The molecule has 4 heteroatoms. The van der Waals surface area contributed by atoms with Crippen LogP contribution in [0.1, 0.15) is 46.5 Å². The topological polar surface area (TPSA) is 67.2 Å². The summed E-state index contributed by atoms with van der Waals surface area (Å²) in [5.74, 6) is 0.490. The highest BCUT2D eigenvalue weighted by Crippen LogP contribution is 2.25. The lowest BCUT2D eigenvalue weighted by Gasteiger charge is -2.34. The van der Waals surface area contributed by atoms with Gasteiger partial charge < -0.3 is 16.4 Å². The van der Waals surface area contributed by atoms with E-state index in [1.807, 2.05) is 0 Å². The van der Waals surface area contributed by atoms with Gasteiger partial charge in [0, 0.05) is 18.1 Å². The van der Waals surface area contributed by atoms with Crippen molar-refractivity contribution in [3.63, 3.8) is 0 Å². The molecule has 1 aliphatic rings. The Labute approximate surface area is 98.3 Å². The fourth-order valence-corrected chi connectivity index (χ4v) is 1.95. The van der Waals surface area contributed by atoms with E-state index >= 15 is 0 Å². The molecule has 4 nitrogen and oxygen atoms in total. The predicted molar refractivity (Wildman–Crippen MR) is 66.2 cm³/mol.